The van der Waals surface area contributed by atoms with Gasteiger partial charge < -0.3 is 5.11 Å². The Morgan fingerprint density at radius 3 is 1.27 bits per heavy atom. The molecule has 0 radical (unpaired) electrons. The van der Waals surface area contributed by atoms with Crippen molar-refractivity contribution in [2.75, 3.05) is 0 Å². The average molecular weight is 160 g/mol. The maximum absolute atomic E-state index is 8.52. The molecule has 1 N–H and O–H groups in total. The minimum absolute atomic E-state index is 0.500. The van der Waals surface area contributed by atoms with Gasteiger partial charge in [-0.2, -0.15) is 0 Å². The Morgan fingerprint density at radius 2 is 1.27 bits per heavy atom. The van der Waals surface area contributed by atoms with E-state index in [2.05, 4.69) is 20.8 Å². The summed E-state index contributed by atoms with van der Waals surface area (Å²) in [5.41, 5.74) is -0.500. The molecule has 0 saturated carbocycles. The molecule has 0 aromatic rings. The lowest BCUT2D eigenvalue weighted by Crippen LogP contribution is -2.10. The first kappa shape index (κ1) is 13.5. The Balaban J connectivity index is 0. The molecule has 0 saturated heterocycles. The molecule has 0 unspecified atom stereocenters. The molecule has 0 aromatic carbocycles. The molecule has 70 valence electrons. The SMILES string of the molecule is CC(C)(C)O.CCC(C)CC. The fraction of sp³-hybridized carbons (Fsp3) is 1.00. The van der Waals surface area contributed by atoms with Crippen LogP contribution in [0.2, 0.25) is 0 Å². The lowest BCUT2D eigenvalue weighted by molar-refractivity contribution is 0.102. The standard InChI is InChI=1S/C6H14.C4H10O/c1-4-6(3)5-2;1-4(2,3)5/h6H,4-5H2,1-3H3;5H,1-3H3. The maximum Gasteiger partial charge on any atom is 0.0563 e. The van der Waals surface area contributed by atoms with E-state index < -0.39 is 5.60 Å². The van der Waals surface area contributed by atoms with Crippen molar-refractivity contribution >= 4 is 0 Å². The van der Waals surface area contributed by atoms with Gasteiger partial charge in [0.1, 0.15) is 0 Å². The predicted molar refractivity (Wildman–Crippen MR) is 51.7 cm³/mol. The zero-order chi connectivity index (χ0) is 9.49. The Hall–Kier alpha value is -0.0400. The van der Waals surface area contributed by atoms with Crippen molar-refractivity contribution in [1.82, 2.24) is 0 Å². The molecule has 1 nitrogen and oxygen atoms in total. The van der Waals surface area contributed by atoms with Crippen molar-refractivity contribution in [2.45, 2.75) is 60.0 Å². The Morgan fingerprint density at radius 1 is 1.09 bits per heavy atom. The van der Waals surface area contributed by atoms with Crippen LogP contribution in [0.15, 0.2) is 0 Å². The van der Waals surface area contributed by atoms with Crippen LogP contribution in [0.3, 0.4) is 0 Å². The molecule has 0 aliphatic rings. The summed E-state index contributed by atoms with van der Waals surface area (Å²) in [6, 6.07) is 0. The molecule has 0 aromatic heterocycles. The third-order valence-corrected chi connectivity index (χ3v) is 1.39. The van der Waals surface area contributed by atoms with Crippen LogP contribution in [0.1, 0.15) is 54.4 Å². The average Bonchev–Trinajstić information content (AvgIpc) is 1.83. The second-order valence-electron chi connectivity index (χ2n) is 4.09. The van der Waals surface area contributed by atoms with Crippen LogP contribution in [0, 0.1) is 5.92 Å². The Labute approximate surface area is 71.8 Å². The number of aliphatic hydroxyl groups is 1. The van der Waals surface area contributed by atoms with Gasteiger partial charge in [-0.15, -0.1) is 0 Å². The third kappa shape index (κ3) is 40.2. The van der Waals surface area contributed by atoms with Crippen LogP contribution >= 0.6 is 0 Å². The van der Waals surface area contributed by atoms with Gasteiger partial charge >= 0.3 is 0 Å². The van der Waals surface area contributed by atoms with E-state index in [1.54, 1.807) is 20.8 Å². The molecule has 0 heterocycles. The predicted octanol–water partition coefficient (Wildman–Crippen LogP) is 3.22. The first-order chi connectivity index (χ1) is 4.81. The van der Waals surface area contributed by atoms with Gasteiger partial charge in [0.2, 0.25) is 0 Å². The first-order valence-electron chi connectivity index (χ1n) is 4.53. The Kier molecular flexibility index (Phi) is 8.20. The first-order valence-corrected chi connectivity index (χ1v) is 4.53. The van der Waals surface area contributed by atoms with E-state index >= 15 is 0 Å². The molecule has 0 rings (SSSR count). The zero-order valence-corrected chi connectivity index (χ0v) is 8.94. The molecule has 1 heteroatoms. The van der Waals surface area contributed by atoms with Crippen LogP contribution in [0.5, 0.6) is 0 Å². The van der Waals surface area contributed by atoms with E-state index in [1.807, 2.05) is 0 Å². The quantitative estimate of drug-likeness (QED) is 0.657. The van der Waals surface area contributed by atoms with Gasteiger partial charge in [0.25, 0.3) is 0 Å². The summed E-state index contributed by atoms with van der Waals surface area (Å²) < 4.78 is 0. The smallest absolute Gasteiger partial charge is 0.0563 e. The van der Waals surface area contributed by atoms with E-state index in [0.717, 1.165) is 5.92 Å². The van der Waals surface area contributed by atoms with Gasteiger partial charge in [0.15, 0.2) is 0 Å². The molecule has 0 bridgehead atoms. The monoisotopic (exact) mass is 160 g/mol. The van der Waals surface area contributed by atoms with Gasteiger partial charge in [-0.1, -0.05) is 33.6 Å². The fourth-order valence-electron chi connectivity index (χ4n) is 0.289. The summed E-state index contributed by atoms with van der Waals surface area (Å²) in [6.07, 6.45) is 2.66. The van der Waals surface area contributed by atoms with Gasteiger partial charge in [0, 0.05) is 0 Å². The highest BCUT2D eigenvalue weighted by Gasteiger charge is 1.97. The number of hydrogen-bond donors (Lipinski definition) is 1. The molecule has 0 fully saturated rings. The second kappa shape index (κ2) is 6.66. The summed E-state index contributed by atoms with van der Waals surface area (Å²) in [7, 11) is 0. The highest BCUT2D eigenvalue weighted by Crippen LogP contribution is 2.02. The van der Waals surface area contributed by atoms with Crippen molar-refractivity contribution in [3.63, 3.8) is 0 Å². The highest BCUT2D eigenvalue weighted by atomic mass is 16.3. The van der Waals surface area contributed by atoms with Crippen molar-refractivity contribution in [3.8, 4) is 0 Å². The molecule has 11 heavy (non-hydrogen) atoms. The van der Waals surface area contributed by atoms with E-state index in [9.17, 15) is 0 Å². The normalized spacial score (nSPS) is 10.9. The molecule has 0 aliphatic carbocycles. The molecule has 0 aliphatic heterocycles. The summed E-state index contributed by atoms with van der Waals surface area (Å²) in [6.45, 7) is 12.0. The lowest BCUT2D eigenvalue weighted by atomic mass is 10.1. The van der Waals surface area contributed by atoms with Gasteiger partial charge in [0.05, 0.1) is 5.60 Å². The zero-order valence-electron chi connectivity index (χ0n) is 8.94. The van der Waals surface area contributed by atoms with Gasteiger partial charge in [-0.25, -0.2) is 0 Å². The highest BCUT2D eigenvalue weighted by molar-refractivity contribution is 4.50. The van der Waals surface area contributed by atoms with E-state index in [0.29, 0.717) is 0 Å². The third-order valence-electron chi connectivity index (χ3n) is 1.39. The molecule has 0 amide bonds. The van der Waals surface area contributed by atoms with Crippen LogP contribution < -0.4 is 0 Å². The van der Waals surface area contributed by atoms with E-state index in [1.165, 1.54) is 12.8 Å². The minimum Gasteiger partial charge on any atom is -0.391 e. The van der Waals surface area contributed by atoms with Gasteiger partial charge in [-0.3, -0.25) is 0 Å². The minimum atomic E-state index is -0.500. The lowest BCUT2D eigenvalue weighted by Gasteiger charge is -2.04. The fourth-order valence-corrected chi connectivity index (χ4v) is 0.289. The van der Waals surface area contributed by atoms with Crippen molar-refractivity contribution < 1.29 is 5.11 Å². The topological polar surface area (TPSA) is 20.2 Å². The molecule has 0 spiro atoms. The largest absolute Gasteiger partial charge is 0.391 e. The summed E-state index contributed by atoms with van der Waals surface area (Å²) >= 11 is 0. The van der Waals surface area contributed by atoms with Crippen LogP contribution in [0.4, 0.5) is 0 Å². The van der Waals surface area contributed by atoms with E-state index in [-0.39, 0.29) is 0 Å². The van der Waals surface area contributed by atoms with Crippen LogP contribution in [0.25, 0.3) is 0 Å². The summed E-state index contributed by atoms with van der Waals surface area (Å²) in [5, 5.41) is 8.52. The molecular formula is C10H24O. The number of hydrogen-bond acceptors (Lipinski definition) is 1. The van der Waals surface area contributed by atoms with Crippen LogP contribution in [-0.4, -0.2) is 10.7 Å². The maximum atomic E-state index is 8.52. The van der Waals surface area contributed by atoms with E-state index in [4.69, 9.17) is 5.11 Å². The molecule has 0 atom stereocenters. The van der Waals surface area contributed by atoms with Gasteiger partial charge in [-0.05, 0) is 26.7 Å². The van der Waals surface area contributed by atoms with Crippen molar-refractivity contribution in [3.05, 3.63) is 0 Å². The summed E-state index contributed by atoms with van der Waals surface area (Å²) in [5.74, 6) is 0.935. The second-order valence-corrected chi connectivity index (χ2v) is 4.09. The van der Waals surface area contributed by atoms with Crippen LogP contribution in [-0.2, 0) is 0 Å². The Bertz CT molecular complexity index is 61.4. The van der Waals surface area contributed by atoms with Crippen molar-refractivity contribution in [2.24, 2.45) is 5.92 Å². The van der Waals surface area contributed by atoms with Crippen molar-refractivity contribution in [1.29, 1.82) is 0 Å². The number of rotatable bonds is 2. The summed E-state index contributed by atoms with van der Waals surface area (Å²) in [4.78, 5) is 0. The molecular weight excluding hydrogens is 136 g/mol.